The number of halogens is 3. The molecular weight excluding hydrogens is 1460 g/mol. The van der Waals surface area contributed by atoms with E-state index in [0.717, 1.165) is 34.8 Å². The normalized spacial score (nSPS) is 37.5. The van der Waals surface area contributed by atoms with Crippen molar-refractivity contribution in [2.24, 2.45) is 0 Å². The molecule has 3 aromatic carbocycles. The van der Waals surface area contributed by atoms with Crippen molar-refractivity contribution < 1.29 is 121 Å². The molecular formula is C72H93F3N18O12S3. The van der Waals surface area contributed by atoms with Gasteiger partial charge in [-0.25, -0.2) is 57.1 Å². The lowest BCUT2D eigenvalue weighted by Crippen LogP contribution is -2.33. The Morgan fingerprint density at radius 3 is 1.26 bits per heavy atom. The summed E-state index contributed by atoms with van der Waals surface area (Å²) in [6.07, 6.45) is -26.9. The fourth-order valence-corrected chi connectivity index (χ4v) is 13.2. The Labute approximate surface area is 682 Å². The summed E-state index contributed by atoms with van der Waals surface area (Å²) in [7, 11) is 0. The fraction of sp³-hybridized carbons (Fsp3) is 0.583. The van der Waals surface area contributed by atoms with Crippen molar-refractivity contribution in [3.05, 3.63) is 105 Å². The number of rotatable bonds is 30. The van der Waals surface area contributed by atoms with Crippen LogP contribution in [-0.4, -0.2) is 250 Å². The maximum atomic E-state index is 14.9. The van der Waals surface area contributed by atoms with E-state index >= 15 is 0 Å². The first-order chi connectivity index (χ1) is 65.3. The number of hydrogen-bond donors (Lipinski definition) is 12. The number of aliphatic hydroxyl groups excluding tert-OH is 7. The smallest absolute Gasteiger partial charge is 0.191 e. The number of ether oxygens (including phenoxy) is 3. The number of aromatic nitrogens is 15. The number of nitrogens with one attached hydrogen (secondary N) is 3. The summed E-state index contributed by atoms with van der Waals surface area (Å²) in [6, 6.07) is -16.5. The molecule has 6 aliphatic rings. The molecule has 15 rings (SSSR count). The zero-order chi connectivity index (χ0) is 107. The molecule has 0 unspecified atom stereocenters. The first kappa shape index (κ1) is 46.0. The van der Waals surface area contributed by atoms with E-state index in [-0.39, 0.29) is 116 Å². The minimum Gasteiger partial charge on any atom is -0.394 e. The molecule has 0 bridgehead atoms. The van der Waals surface area contributed by atoms with Crippen LogP contribution in [0.5, 0.6) is 0 Å². The number of fused-ring (bicyclic) bond motifs is 3. The Hall–Kier alpha value is -7.14. The van der Waals surface area contributed by atoms with Crippen molar-refractivity contribution in [1.29, 1.82) is 0 Å². The van der Waals surface area contributed by atoms with Gasteiger partial charge in [-0.05, 0) is 111 Å². The van der Waals surface area contributed by atoms with Crippen LogP contribution in [0.2, 0.25) is 0 Å². The molecule has 0 amide bonds. The van der Waals surface area contributed by atoms with E-state index in [0.29, 0.717) is 23.5 Å². The van der Waals surface area contributed by atoms with E-state index in [2.05, 4.69) is 76.8 Å². The molecule has 0 aliphatic heterocycles. The molecule has 108 heavy (non-hydrogen) atoms. The van der Waals surface area contributed by atoms with Crippen molar-refractivity contribution in [2.75, 3.05) is 72.6 Å². The molecule has 36 heteroatoms. The topological polar surface area (TPSA) is 415 Å². The van der Waals surface area contributed by atoms with Gasteiger partial charge in [0.2, 0.25) is 0 Å². The second-order valence-corrected chi connectivity index (χ2v) is 26.8. The van der Waals surface area contributed by atoms with E-state index in [1.165, 1.54) is 20.8 Å². The van der Waals surface area contributed by atoms with Crippen LogP contribution in [0, 0.1) is 38.2 Å². The van der Waals surface area contributed by atoms with Gasteiger partial charge in [0.15, 0.2) is 66.4 Å². The highest BCUT2D eigenvalue weighted by molar-refractivity contribution is 7.99. The molecule has 0 radical (unpaired) electrons. The minimum atomic E-state index is -3.49. The van der Waals surface area contributed by atoms with E-state index < -0.39 is 290 Å². The lowest BCUT2D eigenvalue weighted by Gasteiger charge is -2.17. The molecule has 6 aromatic heterocycles. The highest BCUT2D eigenvalue weighted by atomic mass is 32.2. The third-order valence-corrected chi connectivity index (χ3v) is 19.5. The Kier molecular flexibility index (Phi) is 14.9. The number of aliphatic hydroxyl groups is 9. The molecule has 6 heterocycles. The molecule has 582 valence electrons. The van der Waals surface area contributed by atoms with E-state index in [4.69, 9.17) is 67.3 Å². The SMILES string of the molecule is [2H]c1c([2H])c([C@@]2([2H])[C@H](Nc3nc(SC([2H])([2H])C([2H])([2H])C)nc4c3nnn4[C@@H]3C[C@H](OCC([2H])([2H])O)[C@@H](O)[C@H]3O)C2([2H])[2H])c([2H])c(F)c1C.[2H]c1c([2H])c([C@@]2([2H])[C@H](Nc3nc(SC([2H])([2H])C([2H])([2H])C)nc4c3nnn4[C@@H]3C[C@H](OCCO)[C@@H](O)[C@H]3O)C2([2H])[2H])c([2H])c(F)c1C.[2H]c1c([2H])c([C@]2([2H])C([2H])([2H])[C@@]2([2H])Nc2nc(SC([2H])([2H])CC)nc3c2nnn3[C@@H]2C[C@H](OC([2H])([2H])C([2H])([2H])O)[C@@H](O)[C@H]2O)c([2H])c(F)c1C. The molecule has 18 atom stereocenters. The van der Waals surface area contributed by atoms with Gasteiger partial charge in [0.25, 0.3) is 0 Å². The fourth-order valence-electron chi connectivity index (χ4n) is 11.8. The van der Waals surface area contributed by atoms with Gasteiger partial charge in [0, 0.05) is 98.2 Å². The average Bonchev–Trinajstić information content (AvgIpc) is 1.45. The van der Waals surface area contributed by atoms with Crippen LogP contribution in [0.4, 0.5) is 30.6 Å². The second kappa shape index (κ2) is 35.1. The number of hydrogen-bond acceptors (Lipinski definition) is 30. The van der Waals surface area contributed by atoms with Crippen LogP contribution in [-0.2, 0) is 14.2 Å². The summed E-state index contributed by atoms with van der Waals surface area (Å²) in [4.78, 5) is 25.5. The lowest BCUT2D eigenvalue weighted by molar-refractivity contribution is -0.0629. The summed E-state index contributed by atoms with van der Waals surface area (Å²) in [6.45, 7) is -3.77. The summed E-state index contributed by atoms with van der Waals surface area (Å²) < 4.78 is 350. The van der Waals surface area contributed by atoms with Crippen molar-refractivity contribution >= 4 is 86.2 Å². The van der Waals surface area contributed by atoms with Gasteiger partial charge < -0.3 is 76.1 Å². The van der Waals surface area contributed by atoms with Crippen LogP contribution in [0.25, 0.3) is 33.5 Å². The predicted molar refractivity (Wildman–Crippen MR) is 398 cm³/mol. The van der Waals surface area contributed by atoms with Gasteiger partial charge in [-0.1, -0.05) is 108 Å². The summed E-state index contributed by atoms with van der Waals surface area (Å²) in [5.74, 6) is -12.5. The molecule has 30 nitrogen and oxygen atoms in total. The minimum absolute atomic E-state index is 0.0115. The molecule has 6 saturated carbocycles. The molecule has 0 spiro atoms. The predicted octanol–water partition coefficient (Wildman–Crippen LogP) is 6.55. The largest absolute Gasteiger partial charge is 0.394 e. The Morgan fingerprint density at radius 1 is 0.500 bits per heavy atom. The molecule has 0 saturated heterocycles. The second-order valence-electron chi connectivity index (χ2n) is 24.4. The molecule has 9 aromatic rings. The number of thioether (sulfide) groups is 3. The number of nitrogens with zero attached hydrogens (tertiary/aromatic N) is 15. The van der Waals surface area contributed by atoms with Crippen LogP contribution < -0.4 is 16.0 Å². The van der Waals surface area contributed by atoms with Gasteiger partial charge in [-0.15, -0.1) is 15.3 Å². The highest BCUT2D eigenvalue weighted by Gasteiger charge is 2.49. The van der Waals surface area contributed by atoms with Crippen molar-refractivity contribution in [1.82, 2.24) is 74.9 Å². The maximum absolute atomic E-state index is 14.9. The van der Waals surface area contributed by atoms with Crippen LogP contribution in [0.1, 0.15) is 195 Å². The van der Waals surface area contributed by atoms with Crippen molar-refractivity contribution in [3.63, 3.8) is 0 Å². The molecule has 6 fully saturated rings. The van der Waals surface area contributed by atoms with Crippen molar-refractivity contribution in [2.45, 2.75) is 223 Å². The maximum Gasteiger partial charge on any atom is 0.191 e. The highest BCUT2D eigenvalue weighted by Crippen LogP contribution is 2.48. The third-order valence-electron chi connectivity index (χ3n) is 17.3. The van der Waals surface area contributed by atoms with Gasteiger partial charge in [-0.2, -0.15) is 0 Å². The standard InChI is InChI=1S/3C24H31FN6O4S/c3*1-3-8-36-24-27-22(26-16-10-14(16)13-5-4-12(2)15(25)9-13)19-23(28-24)31(30-29-19)17-11-18(35-7-6-32)21(34)20(17)33/h3*4-5,9,14,16-18,20-21,32-34H,3,6-8,10-11H2,1-2H3,(H,26,27,28)/t3*14-,16+,17+,18-,20-,21+/m000/s1/i4D,5D,6D2,7D2,8D2,9D,10D2,14D,16D;3D2,4D,5D,6D2,8D2,9D,10D2,14D;3D2,4D,5D,8D2,9D,10D2,14D. The monoisotopic (exact) mass is 1590 g/mol. The molecule has 6 aliphatic carbocycles. The van der Waals surface area contributed by atoms with Crippen LogP contribution >= 0.6 is 35.3 Å². The van der Waals surface area contributed by atoms with Gasteiger partial charge in [0.1, 0.15) is 54.1 Å². The molecule has 12 N–H and O–H groups in total. The van der Waals surface area contributed by atoms with Crippen LogP contribution in [0.3, 0.4) is 0 Å². The van der Waals surface area contributed by atoms with E-state index in [9.17, 15) is 54.0 Å². The summed E-state index contributed by atoms with van der Waals surface area (Å²) in [5, 5.41) is 123. The zero-order valence-corrected chi connectivity index (χ0v) is 59.8. The lowest BCUT2D eigenvalue weighted by atomic mass is 10.1. The average molecular weight is 1590 g/mol. The van der Waals surface area contributed by atoms with E-state index in [1.54, 1.807) is 0 Å². The van der Waals surface area contributed by atoms with Gasteiger partial charge in [-0.3, -0.25) is 0 Å². The Morgan fingerprint density at radius 2 is 0.880 bits per heavy atom. The first-order valence-electron chi connectivity index (χ1n) is 50.4. The zero-order valence-electron chi connectivity index (χ0n) is 92.3. The third kappa shape index (κ3) is 17.5. The first-order valence-corrected chi connectivity index (χ1v) is 35.4. The van der Waals surface area contributed by atoms with Gasteiger partial charge >= 0.3 is 0 Å². The summed E-state index contributed by atoms with van der Waals surface area (Å²) >= 11 is 1.05. The number of benzene rings is 3. The van der Waals surface area contributed by atoms with E-state index in [1.807, 2.05) is 0 Å². The van der Waals surface area contributed by atoms with Crippen LogP contribution in [0.15, 0.2) is 69.9 Å². The Bertz CT molecular complexity index is 6360. The summed E-state index contributed by atoms with van der Waals surface area (Å²) in [5.41, 5.74) is -11.7. The quantitative estimate of drug-likeness (QED) is 0.0168. The van der Waals surface area contributed by atoms with Crippen molar-refractivity contribution in [3.8, 4) is 0 Å². The Balaban J connectivity index is 0.000000180. The van der Waals surface area contributed by atoms with Gasteiger partial charge in [0.05, 0.1) is 97.9 Å². The number of anilines is 3.